The minimum absolute atomic E-state index is 0.0128. The molecule has 0 amide bonds. The zero-order chi connectivity index (χ0) is 18.8. The number of nitro groups is 1. The molecule has 2 N–H and O–H groups in total. The standard InChI is InChI=1S/C17H16BrNO6/c1-10-5-7-17(16(22)23,9-12(10)15(20)21)13-3-2-4-14(19(24)25)11(13)6-8-18/h2-5,7H,6,8-9H2,1H3,(H,20,21)(H,22,23). The van der Waals surface area contributed by atoms with Crippen LogP contribution in [0, 0.1) is 10.1 Å². The molecule has 1 unspecified atom stereocenters. The summed E-state index contributed by atoms with van der Waals surface area (Å²) in [4.78, 5) is 34.4. The molecule has 0 aliphatic heterocycles. The fraction of sp³-hybridized carbons (Fsp3) is 0.294. The number of carboxylic acid groups (broad SMARTS) is 2. The number of nitro benzene ring substituents is 1. The molecule has 1 aromatic rings. The molecule has 0 radical (unpaired) electrons. The average Bonchev–Trinajstić information content (AvgIpc) is 2.55. The highest BCUT2D eigenvalue weighted by molar-refractivity contribution is 9.09. The van der Waals surface area contributed by atoms with Crippen molar-refractivity contribution in [3.8, 4) is 0 Å². The number of nitrogens with zero attached hydrogens (tertiary/aromatic N) is 1. The minimum atomic E-state index is -1.66. The number of alkyl halides is 1. The highest BCUT2D eigenvalue weighted by Crippen LogP contribution is 2.42. The number of benzene rings is 1. The quantitative estimate of drug-likeness (QED) is 0.423. The molecule has 0 fully saturated rings. The molecule has 1 aliphatic rings. The van der Waals surface area contributed by atoms with Gasteiger partial charge >= 0.3 is 11.9 Å². The van der Waals surface area contributed by atoms with Crippen molar-refractivity contribution >= 4 is 33.6 Å². The Balaban J connectivity index is 2.74. The van der Waals surface area contributed by atoms with Gasteiger partial charge in [-0.05, 0) is 24.5 Å². The van der Waals surface area contributed by atoms with Crippen LogP contribution in [0.4, 0.5) is 5.69 Å². The van der Waals surface area contributed by atoms with Gasteiger partial charge in [0.25, 0.3) is 5.69 Å². The zero-order valence-corrected chi connectivity index (χ0v) is 14.9. The third-order valence-corrected chi connectivity index (χ3v) is 4.76. The molecule has 0 saturated carbocycles. The third kappa shape index (κ3) is 3.34. The number of rotatable bonds is 6. The van der Waals surface area contributed by atoms with Gasteiger partial charge < -0.3 is 10.2 Å². The van der Waals surface area contributed by atoms with Crippen molar-refractivity contribution in [3.05, 3.63) is 62.7 Å². The minimum Gasteiger partial charge on any atom is -0.480 e. The second kappa shape index (κ2) is 7.18. The Hall–Kier alpha value is -2.48. The lowest BCUT2D eigenvalue weighted by Crippen LogP contribution is -2.38. The second-order valence-electron chi connectivity index (χ2n) is 5.75. The Morgan fingerprint density at radius 1 is 1.36 bits per heavy atom. The summed E-state index contributed by atoms with van der Waals surface area (Å²) in [5.74, 6) is -2.44. The van der Waals surface area contributed by atoms with E-state index in [0.29, 0.717) is 16.5 Å². The molecule has 0 bridgehead atoms. The van der Waals surface area contributed by atoms with E-state index in [-0.39, 0.29) is 29.7 Å². The Labute approximate surface area is 151 Å². The van der Waals surface area contributed by atoms with Crippen molar-refractivity contribution in [2.24, 2.45) is 0 Å². The van der Waals surface area contributed by atoms with Crippen LogP contribution in [0.3, 0.4) is 0 Å². The van der Waals surface area contributed by atoms with Crippen LogP contribution in [0.15, 0.2) is 41.5 Å². The monoisotopic (exact) mass is 409 g/mol. The van der Waals surface area contributed by atoms with Crippen molar-refractivity contribution in [2.75, 3.05) is 5.33 Å². The van der Waals surface area contributed by atoms with E-state index in [1.807, 2.05) is 0 Å². The molecule has 132 valence electrons. The van der Waals surface area contributed by atoms with Crippen molar-refractivity contribution in [2.45, 2.75) is 25.2 Å². The van der Waals surface area contributed by atoms with Crippen LogP contribution in [-0.4, -0.2) is 32.4 Å². The first-order valence-electron chi connectivity index (χ1n) is 7.43. The second-order valence-corrected chi connectivity index (χ2v) is 6.55. The first kappa shape index (κ1) is 18.9. The smallest absolute Gasteiger partial charge is 0.331 e. The van der Waals surface area contributed by atoms with Gasteiger partial charge in [0.2, 0.25) is 0 Å². The highest BCUT2D eigenvalue weighted by Gasteiger charge is 2.44. The number of carbonyl (C=O) groups is 2. The topological polar surface area (TPSA) is 118 Å². The van der Waals surface area contributed by atoms with Crippen molar-refractivity contribution in [1.29, 1.82) is 0 Å². The van der Waals surface area contributed by atoms with Crippen molar-refractivity contribution in [3.63, 3.8) is 0 Å². The maximum atomic E-state index is 12.1. The Morgan fingerprint density at radius 2 is 2.04 bits per heavy atom. The lowest BCUT2D eigenvalue weighted by Gasteiger charge is -2.32. The molecular weight excluding hydrogens is 394 g/mol. The summed E-state index contributed by atoms with van der Waals surface area (Å²) in [6.45, 7) is 1.60. The Morgan fingerprint density at radius 3 is 2.56 bits per heavy atom. The summed E-state index contributed by atoms with van der Waals surface area (Å²) in [6.07, 6.45) is 2.86. The number of hydrogen-bond donors (Lipinski definition) is 2. The van der Waals surface area contributed by atoms with E-state index in [2.05, 4.69) is 15.9 Å². The Kier molecular flexibility index (Phi) is 5.42. The van der Waals surface area contributed by atoms with Crippen LogP contribution < -0.4 is 0 Å². The van der Waals surface area contributed by atoms with Gasteiger partial charge in [0, 0.05) is 29.0 Å². The zero-order valence-electron chi connectivity index (χ0n) is 13.4. The summed E-state index contributed by atoms with van der Waals surface area (Å²) in [6, 6.07) is 4.27. The number of halogens is 1. The molecule has 2 rings (SSSR count). The van der Waals surface area contributed by atoms with Gasteiger partial charge in [0.1, 0.15) is 5.41 Å². The lowest BCUT2D eigenvalue weighted by atomic mass is 9.69. The molecule has 1 atom stereocenters. The predicted molar refractivity (Wildman–Crippen MR) is 94.0 cm³/mol. The van der Waals surface area contributed by atoms with Gasteiger partial charge in [-0.25, -0.2) is 4.79 Å². The summed E-state index contributed by atoms with van der Waals surface area (Å²) in [5, 5.41) is 31.0. The van der Waals surface area contributed by atoms with E-state index in [0.717, 1.165) is 0 Å². The lowest BCUT2D eigenvalue weighted by molar-refractivity contribution is -0.385. The molecule has 1 aromatic carbocycles. The largest absolute Gasteiger partial charge is 0.480 e. The first-order chi connectivity index (χ1) is 11.7. The van der Waals surface area contributed by atoms with Crippen molar-refractivity contribution < 1.29 is 24.7 Å². The summed E-state index contributed by atoms with van der Waals surface area (Å²) < 4.78 is 0. The molecule has 1 aliphatic carbocycles. The SMILES string of the molecule is CC1=C(C(=O)O)CC(C(=O)O)(c2cccc([N+](=O)[O-])c2CCBr)C=C1. The Bertz CT molecular complexity index is 813. The molecule has 0 saturated heterocycles. The van der Waals surface area contributed by atoms with Crippen LogP contribution in [-0.2, 0) is 21.4 Å². The van der Waals surface area contributed by atoms with Gasteiger partial charge in [0.05, 0.1) is 4.92 Å². The summed E-state index contributed by atoms with van der Waals surface area (Å²) in [7, 11) is 0. The molecule has 0 heterocycles. The number of aliphatic carboxylic acids is 2. The fourth-order valence-electron chi connectivity index (χ4n) is 3.06. The van der Waals surface area contributed by atoms with Gasteiger partial charge in [0.15, 0.2) is 0 Å². The fourth-order valence-corrected chi connectivity index (χ4v) is 3.45. The number of carboxylic acids is 2. The van der Waals surface area contributed by atoms with E-state index in [1.54, 1.807) is 6.92 Å². The third-order valence-electron chi connectivity index (χ3n) is 4.36. The van der Waals surface area contributed by atoms with Gasteiger partial charge in [-0.1, -0.05) is 40.2 Å². The maximum absolute atomic E-state index is 12.1. The summed E-state index contributed by atoms with van der Waals surface area (Å²) >= 11 is 3.24. The first-order valence-corrected chi connectivity index (χ1v) is 8.55. The summed E-state index contributed by atoms with van der Waals surface area (Å²) in [5.41, 5.74) is -0.833. The molecule has 7 nitrogen and oxygen atoms in total. The normalized spacial score (nSPS) is 19.8. The van der Waals surface area contributed by atoms with Crippen LogP contribution in [0.25, 0.3) is 0 Å². The van der Waals surface area contributed by atoms with Gasteiger partial charge in [-0.2, -0.15) is 0 Å². The van der Waals surface area contributed by atoms with Gasteiger partial charge in [-0.15, -0.1) is 0 Å². The number of allylic oxidation sites excluding steroid dienone is 2. The molecule has 0 spiro atoms. The van der Waals surface area contributed by atoms with Crippen molar-refractivity contribution in [1.82, 2.24) is 0 Å². The van der Waals surface area contributed by atoms with Crippen LogP contribution >= 0.6 is 15.9 Å². The average molecular weight is 410 g/mol. The molecular formula is C17H16BrNO6. The van der Waals surface area contributed by atoms with Crippen LogP contribution in [0.2, 0.25) is 0 Å². The van der Waals surface area contributed by atoms with E-state index >= 15 is 0 Å². The number of hydrogen-bond acceptors (Lipinski definition) is 4. The molecule has 8 heteroatoms. The van der Waals surface area contributed by atoms with E-state index in [9.17, 15) is 29.9 Å². The van der Waals surface area contributed by atoms with E-state index in [4.69, 9.17) is 0 Å². The van der Waals surface area contributed by atoms with Crippen LogP contribution in [0.5, 0.6) is 0 Å². The van der Waals surface area contributed by atoms with E-state index in [1.165, 1.54) is 30.4 Å². The molecule has 25 heavy (non-hydrogen) atoms. The maximum Gasteiger partial charge on any atom is 0.331 e. The van der Waals surface area contributed by atoms with Gasteiger partial charge in [-0.3, -0.25) is 14.9 Å². The molecule has 0 aromatic heterocycles. The predicted octanol–water partition coefficient (Wildman–Crippen LogP) is 3.22. The highest BCUT2D eigenvalue weighted by atomic mass is 79.9. The van der Waals surface area contributed by atoms with E-state index < -0.39 is 22.3 Å². The van der Waals surface area contributed by atoms with Crippen LogP contribution in [0.1, 0.15) is 24.5 Å².